The molecule has 1 nitrogen and oxygen atoms in total. The molecule has 0 atom stereocenters. The minimum Gasteiger partial charge on any atom is -0.322 e. The van der Waals surface area contributed by atoms with E-state index in [0.29, 0.717) is 11.6 Å². The molecule has 0 aliphatic carbocycles. The minimum absolute atomic E-state index is 0.355. The van der Waals surface area contributed by atoms with Gasteiger partial charge in [0.25, 0.3) is 0 Å². The molecule has 1 heteroatoms. The van der Waals surface area contributed by atoms with Gasteiger partial charge in [-0.3, -0.25) is 0 Å². The predicted octanol–water partition coefficient (Wildman–Crippen LogP) is 2.91. The van der Waals surface area contributed by atoms with Gasteiger partial charge in [0.15, 0.2) is 0 Å². The molecule has 0 bridgehead atoms. The van der Waals surface area contributed by atoms with Crippen LogP contribution in [0.15, 0.2) is 0 Å². The molecule has 0 N–H and O–H groups in total. The first-order chi connectivity index (χ1) is 5.14. The Labute approximate surface area is 78.4 Å². The zero-order valence-corrected chi connectivity index (χ0v) is 10.1. The second kappa shape index (κ2) is 3.37. The number of hydrogen-bond acceptors (Lipinski definition) is 0. The highest BCUT2D eigenvalue weighted by Crippen LogP contribution is 2.30. The van der Waals surface area contributed by atoms with Crippen molar-refractivity contribution in [2.75, 3.05) is 14.1 Å². The number of quaternary nitrogens is 1. The maximum Gasteiger partial charge on any atom is 0.0956 e. The van der Waals surface area contributed by atoms with Crippen molar-refractivity contribution in [1.82, 2.24) is 0 Å². The van der Waals surface area contributed by atoms with E-state index < -0.39 is 0 Å². The molecule has 0 aliphatic heterocycles. The van der Waals surface area contributed by atoms with Gasteiger partial charge in [0.1, 0.15) is 0 Å². The third-order valence-corrected chi connectivity index (χ3v) is 4.19. The third-order valence-electron chi connectivity index (χ3n) is 4.19. The summed E-state index contributed by atoms with van der Waals surface area (Å²) in [5, 5.41) is 0. The number of nitrogens with zero attached hydrogens (tertiary/aromatic N) is 1. The fourth-order valence-corrected chi connectivity index (χ4v) is 1.33. The number of hydrogen-bond donors (Lipinski definition) is 0. The van der Waals surface area contributed by atoms with Gasteiger partial charge in [0.2, 0.25) is 0 Å². The van der Waals surface area contributed by atoms with Crippen molar-refractivity contribution in [2.24, 2.45) is 5.92 Å². The van der Waals surface area contributed by atoms with Crippen LogP contribution in [0.5, 0.6) is 0 Å². The topological polar surface area (TPSA) is 0 Å². The van der Waals surface area contributed by atoms with Gasteiger partial charge in [-0.15, -0.1) is 0 Å². The van der Waals surface area contributed by atoms with Gasteiger partial charge in [-0.2, -0.15) is 0 Å². The van der Waals surface area contributed by atoms with E-state index in [1.54, 1.807) is 0 Å². The maximum atomic E-state index is 2.36. The van der Waals surface area contributed by atoms with E-state index in [0.717, 1.165) is 10.4 Å². The zero-order chi connectivity index (χ0) is 10.2. The normalized spacial score (nSPS) is 14.5. The Kier molecular flexibility index (Phi) is 3.36. The lowest BCUT2D eigenvalue weighted by molar-refractivity contribution is -0.960. The van der Waals surface area contributed by atoms with Crippen molar-refractivity contribution in [3.63, 3.8) is 0 Å². The monoisotopic (exact) mass is 172 g/mol. The fraction of sp³-hybridized carbons (Fsp3) is 1.00. The van der Waals surface area contributed by atoms with E-state index in [2.05, 4.69) is 55.6 Å². The molecule has 0 radical (unpaired) electrons. The van der Waals surface area contributed by atoms with Gasteiger partial charge in [0, 0.05) is 5.92 Å². The van der Waals surface area contributed by atoms with Crippen molar-refractivity contribution in [1.29, 1.82) is 0 Å². The van der Waals surface area contributed by atoms with Crippen LogP contribution >= 0.6 is 0 Å². The second-order valence-electron chi connectivity index (χ2n) is 5.44. The van der Waals surface area contributed by atoms with Crippen LogP contribution in [-0.2, 0) is 0 Å². The Hall–Kier alpha value is -0.0400. The van der Waals surface area contributed by atoms with Crippen molar-refractivity contribution in [3.8, 4) is 0 Å². The Morgan fingerprint density at radius 1 is 0.917 bits per heavy atom. The van der Waals surface area contributed by atoms with Gasteiger partial charge < -0.3 is 4.48 Å². The first kappa shape index (κ1) is 12.0. The van der Waals surface area contributed by atoms with E-state index >= 15 is 0 Å². The Morgan fingerprint density at radius 3 is 1.33 bits per heavy atom. The van der Waals surface area contributed by atoms with Gasteiger partial charge >= 0.3 is 0 Å². The molecule has 0 rings (SSSR count). The van der Waals surface area contributed by atoms with Crippen molar-refractivity contribution >= 4 is 0 Å². The summed E-state index contributed by atoms with van der Waals surface area (Å²) in [5.41, 5.74) is 0.355. The van der Waals surface area contributed by atoms with E-state index in [1.165, 1.54) is 0 Å². The molecule has 0 saturated heterocycles. The van der Waals surface area contributed by atoms with Crippen molar-refractivity contribution in [3.05, 3.63) is 0 Å². The largest absolute Gasteiger partial charge is 0.322 e. The third kappa shape index (κ3) is 1.82. The Morgan fingerprint density at radius 2 is 1.25 bits per heavy atom. The molecule has 0 fully saturated rings. The van der Waals surface area contributed by atoms with Gasteiger partial charge in [-0.1, -0.05) is 13.8 Å². The molecule has 0 aliphatic rings. The molecular formula is C11H26N+. The van der Waals surface area contributed by atoms with Crippen LogP contribution in [0.3, 0.4) is 0 Å². The lowest BCUT2D eigenvalue weighted by Crippen LogP contribution is -2.62. The molecule has 74 valence electrons. The lowest BCUT2D eigenvalue weighted by Gasteiger charge is -2.50. The summed E-state index contributed by atoms with van der Waals surface area (Å²) < 4.78 is 1.09. The molecular weight excluding hydrogens is 146 g/mol. The molecule has 12 heavy (non-hydrogen) atoms. The van der Waals surface area contributed by atoms with Crippen LogP contribution in [0.25, 0.3) is 0 Å². The molecule has 0 heterocycles. The van der Waals surface area contributed by atoms with E-state index in [1.807, 2.05) is 0 Å². The van der Waals surface area contributed by atoms with Crippen LogP contribution in [-0.4, -0.2) is 30.2 Å². The average molecular weight is 172 g/mol. The summed E-state index contributed by atoms with van der Waals surface area (Å²) in [6.07, 6.45) is 0. The summed E-state index contributed by atoms with van der Waals surface area (Å²) >= 11 is 0. The Balaban J connectivity index is 4.75. The van der Waals surface area contributed by atoms with Crippen molar-refractivity contribution in [2.45, 2.75) is 53.1 Å². The predicted molar refractivity (Wildman–Crippen MR) is 56.2 cm³/mol. The second-order valence-corrected chi connectivity index (χ2v) is 5.44. The summed E-state index contributed by atoms with van der Waals surface area (Å²) in [6, 6.07) is 0.683. The highest BCUT2D eigenvalue weighted by Gasteiger charge is 2.41. The average Bonchev–Trinajstić information content (AvgIpc) is 1.86. The number of rotatable bonds is 3. The van der Waals surface area contributed by atoms with Gasteiger partial charge in [-0.25, -0.2) is 0 Å². The van der Waals surface area contributed by atoms with E-state index in [9.17, 15) is 0 Å². The van der Waals surface area contributed by atoms with E-state index in [-0.39, 0.29) is 0 Å². The van der Waals surface area contributed by atoms with Crippen LogP contribution in [0.1, 0.15) is 41.5 Å². The van der Waals surface area contributed by atoms with Crippen LogP contribution in [0, 0.1) is 5.92 Å². The van der Waals surface area contributed by atoms with Gasteiger partial charge in [0.05, 0.1) is 25.7 Å². The highest BCUT2D eigenvalue weighted by atomic mass is 15.4. The van der Waals surface area contributed by atoms with Crippen LogP contribution in [0.2, 0.25) is 0 Å². The highest BCUT2D eigenvalue weighted by molar-refractivity contribution is 4.74. The SMILES string of the molecule is CC(C)C(C)(C)[N+](C)(C)C(C)C. The Bertz CT molecular complexity index is 125. The summed E-state index contributed by atoms with van der Waals surface area (Å²) in [6.45, 7) is 13.9. The first-order valence-corrected chi connectivity index (χ1v) is 4.97. The van der Waals surface area contributed by atoms with Crippen LogP contribution < -0.4 is 0 Å². The lowest BCUT2D eigenvalue weighted by atomic mass is 9.86. The summed E-state index contributed by atoms with van der Waals surface area (Å²) in [7, 11) is 4.65. The molecule has 0 amide bonds. The summed E-state index contributed by atoms with van der Waals surface area (Å²) in [4.78, 5) is 0. The molecule has 0 unspecified atom stereocenters. The van der Waals surface area contributed by atoms with Crippen molar-refractivity contribution < 1.29 is 4.48 Å². The smallest absolute Gasteiger partial charge is 0.0956 e. The van der Waals surface area contributed by atoms with Crippen LogP contribution in [0.4, 0.5) is 0 Å². The molecule has 0 aromatic heterocycles. The van der Waals surface area contributed by atoms with E-state index in [4.69, 9.17) is 0 Å². The molecule has 0 aromatic rings. The zero-order valence-electron chi connectivity index (χ0n) is 10.1. The molecule has 0 spiro atoms. The fourth-order valence-electron chi connectivity index (χ4n) is 1.33. The minimum atomic E-state index is 0.355. The maximum absolute atomic E-state index is 2.36. The summed E-state index contributed by atoms with van der Waals surface area (Å²) in [5.74, 6) is 0.718. The first-order valence-electron chi connectivity index (χ1n) is 4.97. The molecule has 0 saturated carbocycles. The molecule has 0 aromatic carbocycles. The van der Waals surface area contributed by atoms with Gasteiger partial charge in [-0.05, 0) is 27.7 Å². The quantitative estimate of drug-likeness (QED) is 0.574. The standard InChI is InChI=1S/C11H26N/c1-9(2)11(5,6)12(7,8)10(3)4/h9-10H,1-8H3/q+1.